The van der Waals surface area contributed by atoms with Crippen LogP contribution in [0.4, 0.5) is 4.79 Å². The Labute approximate surface area is 108 Å². The fourth-order valence-corrected chi connectivity index (χ4v) is 2.89. The minimum atomic E-state index is -0.462. The molecule has 0 aromatic heterocycles. The van der Waals surface area contributed by atoms with Gasteiger partial charge in [-0.05, 0) is 40.0 Å². The Morgan fingerprint density at radius 1 is 1.33 bits per heavy atom. The topological polar surface area (TPSA) is 62.1 Å². The van der Waals surface area contributed by atoms with Gasteiger partial charge in [-0.25, -0.2) is 4.79 Å². The summed E-state index contributed by atoms with van der Waals surface area (Å²) in [5.41, 5.74) is 0.348. The number of rotatable bonds is 0. The number of amides is 1. The number of nitrogens with zero attached hydrogens (tertiary/aromatic N) is 2. The lowest BCUT2D eigenvalue weighted by atomic mass is 9.84. The average molecular weight is 254 g/mol. The van der Waals surface area contributed by atoms with Crippen molar-refractivity contribution in [2.75, 3.05) is 0 Å². The molecule has 0 aromatic carbocycles. The monoisotopic (exact) mass is 254 g/mol. The minimum Gasteiger partial charge on any atom is -0.444 e. The highest BCUT2D eigenvalue weighted by molar-refractivity contribution is 5.87. The second-order valence-corrected chi connectivity index (χ2v) is 6.20. The standard InChI is InChI=1S/C13H22N2O3/c1-13(2,3)18-12(16)15-10-5-4-6-11(15)8-9(7-10)14-17/h10-11,17H,4-8H2,1-3H3. The summed E-state index contributed by atoms with van der Waals surface area (Å²) in [6.45, 7) is 5.64. The molecule has 2 unspecified atom stereocenters. The fourth-order valence-electron chi connectivity index (χ4n) is 2.89. The molecular weight excluding hydrogens is 232 g/mol. The summed E-state index contributed by atoms with van der Waals surface area (Å²) >= 11 is 0. The first-order valence-electron chi connectivity index (χ1n) is 6.62. The van der Waals surface area contributed by atoms with Crippen LogP contribution < -0.4 is 0 Å². The zero-order valence-corrected chi connectivity index (χ0v) is 11.3. The predicted octanol–water partition coefficient (Wildman–Crippen LogP) is 2.77. The quantitative estimate of drug-likeness (QED) is 0.534. The molecule has 2 bridgehead atoms. The Morgan fingerprint density at radius 2 is 1.89 bits per heavy atom. The van der Waals surface area contributed by atoms with E-state index in [4.69, 9.17) is 9.94 Å². The molecule has 2 saturated heterocycles. The van der Waals surface area contributed by atoms with Crippen LogP contribution in [0.5, 0.6) is 0 Å². The van der Waals surface area contributed by atoms with E-state index in [-0.39, 0.29) is 18.2 Å². The van der Waals surface area contributed by atoms with Gasteiger partial charge in [0.2, 0.25) is 0 Å². The van der Waals surface area contributed by atoms with Crippen molar-refractivity contribution in [1.82, 2.24) is 4.90 Å². The summed E-state index contributed by atoms with van der Waals surface area (Å²) in [4.78, 5) is 14.1. The summed E-state index contributed by atoms with van der Waals surface area (Å²) in [5, 5.41) is 12.2. The van der Waals surface area contributed by atoms with E-state index in [1.54, 1.807) is 0 Å². The van der Waals surface area contributed by atoms with Crippen LogP contribution in [0, 0.1) is 0 Å². The first-order chi connectivity index (χ1) is 8.40. The molecule has 1 amide bonds. The van der Waals surface area contributed by atoms with Gasteiger partial charge in [0, 0.05) is 24.9 Å². The molecule has 2 aliphatic heterocycles. The van der Waals surface area contributed by atoms with Crippen LogP contribution in [0.1, 0.15) is 52.9 Å². The number of ether oxygens (including phenoxy) is 1. The normalized spacial score (nSPS) is 27.9. The molecule has 2 aliphatic rings. The van der Waals surface area contributed by atoms with Gasteiger partial charge in [-0.3, -0.25) is 0 Å². The van der Waals surface area contributed by atoms with Crippen molar-refractivity contribution < 1.29 is 14.7 Å². The van der Waals surface area contributed by atoms with Crippen molar-refractivity contribution >= 4 is 11.8 Å². The van der Waals surface area contributed by atoms with Crippen LogP contribution in [0.2, 0.25) is 0 Å². The van der Waals surface area contributed by atoms with Crippen LogP contribution >= 0.6 is 0 Å². The van der Waals surface area contributed by atoms with Gasteiger partial charge in [-0.15, -0.1) is 0 Å². The van der Waals surface area contributed by atoms with Crippen molar-refractivity contribution in [2.24, 2.45) is 5.16 Å². The highest BCUT2D eigenvalue weighted by Crippen LogP contribution is 2.33. The van der Waals surface area contributed by atoms with E-state index in [9.17, 15) is 4.79 Å². The number of hydrogen-bond acceptors (Lipinski definition) is 4. The second-order valence-electron chi connectivity index (χ2n) is 6.20. The number of fused-ring (bicyclic) bond motifs is 2. The molecular formula is C13H22N2O3. The summed E-state index contributed by atoms with van der Waals surface area (Å²) < 4.78 is 5.47. The van der Waals surface area contributed by atoms with Crippen LogP contribution in [0.3, 0.4) is 0 Å². The van der Waals surface area contributed by atoms with Gasteiger partial charge in [0.15, 0.2) is 0 Å². The van der Waals surface area contributed by atoms with E-state index in [0.29, 0.717) is 12.8 Å². The lowest BCUT2D eigenvalue weighted by Gasteiger charge is -2.46. The van der Waals surface area contributed by atoms with E-state index in [1.165, 1.54) is 0 Å². The zero-order valence-electron chi connectivity index (χ0n) is 11.3. The van der Waals surface area contributed by atoms with Gasteiger partial charge in [-0.1, -0.05) is 5.16 Å². The van der Waals surface area contributed by atoms with Gasteiger partial charge in [-0.2, -0.15) is 0 Å². The second kappa shape index (κ2) is 4.78. The molecule has 0 spiro atoms. The summed E-state index contributed by atoms with van der Waals surface area (Å²) in [7, 11) is 0. The fraction of sp³-hybridized carbons (Fsp3) is 0.846. The molecule has 102 valence electrons. The largest absolute Gasteiger partial charge is 0.444 e. The van der Waals surface area contributed by atoms with Gasteiger partial charge < -0.3 is 14.8 Å². The lowest BCUT2D eigenvalue weighted by molar-refractivity contribution is -0.00731. The highest BCUT2D eigenvalue weighted by atomic mass is 16.6. The van der Waals surface area contributed by atoms with Crippen LogP contribution in [-0.4, -0.2) is 39.6 Å². The minimum absolute atomic E-state index is 0.137. The molecule has 2 rings (SSSR count). The first-order valence-corrected chi connectivity index (χ1v) is 6.62. The van der Waals surface area contributed by atoms with Gasteiger partial charge in [0.05, 0.1) is 5.71 Å². The van der Waals surface area contributed by atoms with E-state index in [0.717, 1.165) is 25.0 Å². The third-order valence-corrected chi connectivity index (χ3v) is 3.55. The first kappa shape index (κ1) is 13.2. The van der Waals surface area contributed by atoms with E-state index < -0.39 is 5.60 Å². The van der Waals surface area contributed by atoms with Crippen LogP contribution in [-0.2, 0) is 4.74 Å². The van der Waals surface area contributed by atoms with Crippen LogP contribution in [0.15, 0.2) is 5.16 Å². The number of oxime groups is 1. The molecule has 5 nitrogen and oxygen atoms in total. The van der Waals surface area contributed by atoms with Gasteiger partial charge in [0.1, 0.15) is 5.60 Å². The predicted molar refractivity (Wildman–Crippen MR) is 68.0 cm³/mol. The molecule has 2 atom stereocenters. The Morgan fingerprint density at radius 3 is 2.33 bits per heavy atom. The molecule has 1 N–H and O–H groups in total. The third kappa shape index (κ3) is 2.76. The van der Waals surface area contributed by atoms with Crippen LogP contribution in [0.25, 0.3) is 0 Å². The van der Waals surface area contributed by atoms with E-state index >= 15 is 0 Å². The summed E-state index contributed by atoms with van der Waals surface area (Å²) in [6.07, 6.45) is 4.18. The number of carbonyl (C=O) groups is 1. The van der Waals surface area contributed by atoms with Crippen molar-refractivity contribution in [3.63, 3.8) is 0 Å². The SMILES string of the molecule is CC(C)(C)OC(=O)N1C2CCCC1CC(=NO)C2. The Bertz CT molecular complexity index is 344. The summed E-state index contributed by atoms with van der Waals surface area (Å²) in [6, 6.07) is 0.275. The molecule has 2 heterocycles. The van der Waals surface area contributed by atoms with E-state index in [1.807, 2.05) is 25.7 Å². The zero-order chi connectivity index (χ0) is 13.3. The Hall–Kier alpha value is -1.26. The third-order valence-electron chi connectivity index (χ3n) is 3.55. The number of hydrogen-bond donors (Lipinski definition) is 1. The van der Waals surface area contributed by atoms with Gasteiger partial charge in [0.25, 0.3) is 0 Å². The summed E-state index contributed by atoms with van der Waals surface area (Å²) in [5.74, 6) is 0. The molecule has 0 saturated carbocycles. The molecule has 0 aromatic rings. The molecule has 0 radical (unpaired) electrons. The maximum absolute atomic E-state index is 12.2. The van der Waals surface area contributed by atoms with Crippen molar-refractivity contribution in [3.8, 4) is 0 Å². The van der Waals surface area contributed by atoms with E-state index in [2.05, 4.69) is 5.16 Å². The lowest BCUT2D eigenvalue weighted by Crippen LogP contribution is -2.56. The number of carbonyl (C=O) groups excluding carboxylic acids is 1. The smallest absolute Gasteiger partial charge is 0.410 e. The molecule has 2 fully saturated rings. The Kier molecular flexibility index (Phi) is 3.50. The highest BCUT2D eigenvalue weighted by Gasteiger charge is 2.41. The molecule has 0 aliphatic carbocycles. The van der Waals surface area contributed by atoms with Gasteiger partial charge >= 0.3 is 6.09 Å². The molecule has 18 heavy (non-hydrogen) atoms. The van der Waals surface area contributed by atoms with Crippen molar-refractivity contribution in [3.05, 3.63) is 0 Å². The average Bonchev–Trinajstić information content (AvgIpc) is 2.24. The Balaban J connectivity index is 2.11. The maximum Gasteiger partial charge on any atom is 0.410 e. The van der Waals surface area contributed by atoms with Crippen molar-refractivity contribution in [2.45, 2.75) is 70.6 Å². The molecule has 5 heteroatoms. The number of piperidine rings is 2. The maximum atomic E-state index is 12.2. The van der Waals surface area contributed by atoms with Crippen molar-refractivity contribution in [1.29, 1.82) is 0 Å².